The maximum absolute atomic E-state index is 5.33. The maximum Gasteiger partial charge on any atom is 0.0737 e. The first kappa shape index (κ1) is 28.3. The molecule has 3 aromatic carbocycles. The smallest absolute Gasteiger partial charge is 0.0737 e. The van der Waals surface area contributed by atoms with Crippen molar-refractivity contribution in [3.8, 4) is 33.4 Å². The molecule has 5 heterocycles. The van der Waals surface area contributed by atoms with E-state index in [1.807, 2.05) is 12.1 Å². The van der Waals surface area contributed by atoms with Crippen molar-refractivity contribution in [2.24, 2.45) is 0 Å². The Balaban J connectivity index is 1.57. The van der Waals surface area contributed by atoms with Crippen molar-refractivity contribution >= 4 is 52.4 Å². The zero-order valence-electron chi connectivity index (χ0n) is 26.3. The summed E-state index contributed by atoms with van der Waals surface area (Å²) in [6, 6.07) is 36.3. The van der Waals surface area contributed by atoms with Gasteiger partial charge in [0.25, 0.3) is 0 Å². The van der Waals surface area contributed by atoms with Gasteiger partial charge in [-0.3, -0.25) is 0 Å². The van der Waals surface area contributed by atoms with Crippen LogP contribution < -0.4 is 0 Å². The van der Waals surface area contributed by atoms with Crippen molar-refractivity contribution < 1.29 is 0 Å². The average Bonchev–Trinajstić information content (AvgIpc) is 3.92. The van der Waals surface area contributed by atoms with Gasteiger partial charge in [0.2, 0.25) is 0 Å². The molecule has 0 aliphatic carbocycles. The summed E-state index contributed by atoms with van der Waals surface area (Å²) in [5.74, 6) is 0. The molecule has 8 rings (SSSR count). The first-order chi connectivity index (χ1) is 23.1. The van der Waals surface area contributed by atoms with Crippen LogP contribution in [0.4, 0.5) is 0 Å². The van der Waals surface area contributed by atoms with Crippen molar-refractivity contribution in [1.82, 2.24) is 19.9 Å². The Morgan fingerprint density at radius 3 is 1.38 bits per heavy atom. The molecular formula is C43H32N4. The fraction of sp³-hybridized carbons (Fsp3) is 0.0465. The molecule has 2 aliphatic heterocycles. The summed E-state index contributed by atoms with van der Waals surface area (Å²) in [6.45, 7) is 8.12. The van der Waals surface area contributed by atoms with Crippen LogP contribution in [0.5, 0.6) is 0 Å². The highest BCUT2D eigenvalue weighted by Gasteiger charge is 2.17. The lowest BCUT2D eigenvalue weighted by atomic mass is 10.0. The minimum Gasteiger partial charge on any atom is -0.354 e. The van der Waals surface area contributed by atoms with Crippen molar-refractivity contribution in [1.29, 1.82) is 0 Å². The Bertz CT molecular complexity index is 2400. The van der Waals surface area contributed by atoms with Gasteiger partial charge in [-0.25, -0.2) is 9.97 Å². The number of benzene rings is 3. The Kier molecular flexibility index (Phi) is 6.98. The fourth-order valence-corrected chi connectivity index (χ4v) is 6.44. The first-order valence-electron chi connectivity index (χ1n) is 15.8. The second kappa shape index (κ2) is 11.6. The molecule has 0 radical (unpaired) electrons. The van der Waals surface area contributed by atoms with Gasteiger partial charge in [0.15, 0.2) is 0 Å². The molecule has 4 nitrogen and oxygen atoms in total. The average molecular weight is 605 g/mol. The van der Waals surface area contributed by atoms with E-state index >= 15 is 0 Å². The van der Waals surface area contributed by atoms with E-state index in [1.54, 1.807) is 0 Å². The third kappa shape index (κ3) is 5.17. The highest BCUT2D eigenvalue weighted by molar-refractivity contribution is 5.98. The van der Waals surface area contributed by atoms with E-state index in [0.29, 0.717) is 0 Å². The molecule has 2 N–H and O–H groups in total. The summed E-state index contributed by atoms with van der Waals surface area (Å²) in [5, 5.41) is 0. The molecule has 8 bridgehead atoms. The topological polar surface area (TPSA) is 57.4 Å². The summed E-state index contributed by atoms with van der Waals surface area (Å²) >= 11 is 0. The second-order valence-corrected chi connectivity index (χ2v) is 12.0. The Hall–Kier alpha value is -6.22. The summed E-state index contributed by atoms with van der Waals surface area (Å²) in [7, 11) is 0. The number of aryl methyl sites for hydroxylation is 2. The molecule has 2 aliphatic rings. The molecule has 0 fully saturated rings. The predicted octanol–water partition coefficient (Wildman–Crippen LogP) is 11.1. The van der Waals surface area contributed by atoms with Crippen LogP contribution in [-0.4, -0.2) is 19.9 Å². The minimum absolute atomic E-state index is 0.843. The van der Waals surface area contributed by atoms with Gasteiger partial charge in [-0.2, -0.15) is 0 Å². The van der Waals surface area contributed by atoms with Gasteiger partial charge >= 0.3 is 0 Å². The molecule has 4 heteroatoms. The van der Waals surface area contributed by atoms with E-state index in [2.05, 4.69) is 157 Å². The number of hydrogen-bond acceptors (Lipinski definition) is 2. The lowest BCUT2D eigenvalue weighted by Crippen LogP contribution is -1.89. The molecule has 47 heavy (non-hydrogen) atoms. The van der Waals surface area contributed by atoms with Crippen LogP contribution in [0.2, 0.25) is 0 Å². The van der Waals surface area contributed by atoms with E-state index in [9.17, 15) is 0 Å². The molecule has 0 saturated heterocycles. The van der Waals surface area contributed by atoms with Crippen LogP contribution in [0.1, 0.15) is 39.5 Å². The third-order valence-corrected chi connectivity index (χ3v) is 8.78. The molecule has 0 atom stereocenters. The number of H-pyrrole nitrogens is 2. The van der Waals surface area contributed by atoms with E-state index in [0.717, 1.165) is 83.8 Å². The first-order valence-corrected chi connectivity index (χ1v) is 15.8. The van der Waals surface area contributed by atoms with Gasteiger partial charge in [-0.05, 0) is 85.2 Å². The molecule has 224 valence electrons. The quantitative estimate of drug-likeness (QED) is 0.196. The molecular weight excluding hydrogens is 573 g/mol. The summed E-state index contributed by atoms with van der Waals surface area (Å²) < 4.78 is 0. The van der Waals surface area contributed by atoms with E-state index in [-0.39, 0.29) is 0 Å². The number of fused-ring (bicyclic) bond motifs is 8. The summed E-state index contributed by atoms with van der Waals surface area (Å²) in [6.07, 6.45) is 10.3. The summed E-state index contributed by atoms with van der Waals surface area (Å²) in [5.41, 5.74) is 20.1. The van der Waals surface area contributed by atoms with Crippen LogP contribution in [0.3, 0.4) is 0 Å². The van der Waals surface area contributed by atoms with Crippen molar-refractivity contribution in [2.75, 3.05) is 0 Å². The van der Waals surface area contributed by atoms with Gasteiger partial charge in [0.05, 0.1) is 22.8 Å². The molecule has 0 unspecified atom stereocenters. The van der Waals surface area contributed by atoms with Gasteiger partial charge in [-0.15, -0.1) is 5.73 Å². The normalized spacial score (nSPS) is 11.9. The van der Waals surface area contributed by atoms with Crippen LogP contribution in [0.15, 0.2) is 115 Å². The largest absolute Gasteiger partial charge is 0.354 e. The number of aromatic nitrogens is 4. The minimum atomic E-state index is 0.843. The van der Waals surface area contributed by atoms with Gasteiger partial charge in [0.1, 0.15) is 0 Å². The maximum atomic E-state index is 5.33. The van der Waals surface area contributed by atoms with Gasteiger partial charge in [-0.1, -0.05) is 96.6 Å². The lowest BCUT2D eigenvalue weighted by Gasteiger charge is -2.06. The van der Waals surface area contributed by atoms with Crippen LogP contribution in [-0.2, 0) is 0 Å². The van der Waals surface area contributed by atoms with E-state index in [4.69, 9.17) is 9.97 Å². The van der Waals surface area contributed by atoms with Crippen molar-refractivity contribution in [3.05, 3.63) is 155 Å². The number of nitrogens with one attached hydrogen (secondary N) is 2. The molecule has 0 amide bonds. The van der Waals surface area contributed by atoms with E-state index in [1.165, 1.54) is 11.1 Å². The Labute approximate surface area is 273 Å². The number of rotatable bonds is 4. The van der Waals surface area contributed by atoms with Crippen molar-refractivity contribution in [3.63, 3.8) is 0 Å². The standard InChI is InChI=1S/C43H32N4/c1-4-8-32-33-19-21-35(44-33)42(30-15-11-27(2)12-16-30)39-25-23-37(46-39)41(29-9-6-5-7-10-29)38-24-26-40(47-38)43(36-22-20-34(32)45-36)31-17-13-28(3)14-18-31/h5-26,44,47H,1H2,2-3H3. The molecule has 0 saturated carbocycles. The van der Waals surface area contributed by atoms with Crippen LogP contribution in [0, 0.1) is 13.8 Å². The Morgan fingerprint density at radius 1 is 0.489 bits per heavy atom. The monoisotopic (exact) mass is 604 g/mol. The van der Waals surface area contributed by atoms with Crippen LogP contribution >= 0.6 is 0 Å². The second-order valence-electron chi connectivity index (χ2n) is 12.0. The predicted molar refractivity (Wildman–Crippen MR) is 198 cm³/mol. The summed E-state index contributed by atoms with van der Waals surface area (Å²) in [4.78, 5) is 18.1. The lowest BCUT2D eigenvalue weighted by molar-refractivity contribution is 1.30. The molecule has 6 aromatic rings. The zero-order chi connectivity index (χ0) is 31.9. The SMILES string of the molecule is C=C=Cc1c2nc(c(-c3ccc(C)cc3)c3ccc([nH]3)c(-c3ccccc3)c3nc(c(-c4ccc(C)cc4)c4ccc1[nH]4)C=C3)C=C2. The van der Waals surface area contributed by atoms with E-state index < -0.39 is 0 Å². The highest BCUT2D eigenvalue weighted by atomic mass is 14.8. The van der Waals surface area contributed by atoms with Gasteiger partial charge < -0.3 is 9.97 Å². The fourth-order valence-electron chi connectivity index (χ4n) is 6.44. The van der Waals surface area contributed by atoms with Crippen LogP contribution in [0.25, 0.3) is 85.8 Å². The Morgan fingerprint density at radius 2 is 0.894 bits per heavy atom. The van der Waals surface area contributed by atoms with Gasteiger partial charge in [0, 0.05) is 44.3 Å². The molecule has 0 spiro atoms. The van der Waals surface area contributed by atoms with Crippen molar-refractivity contribution in [2.45, 2.75) is 13.8 Å². The number of nitrogens with zero attached hydrogens (tertiary/aromatic N) is 2. The number of hydrogen-bond donors (Lipinski definition) is 2. The number of aromatic amines is 2. The third-order valence-electron chi connectivity index (χ3n) is 8.78. The highest BCUT2D eigenvalue weighted by Crippen LogP contribution is 2.37. The zero-order valence-corrected chi connectivity index (χ0v) is 26.3. The molecule has 3 aromatic heterocycles.